The smallest absolute Gasteiger partial charge is 0.233 e. The Labute approximate surface area is 344 Å². The van der Waals surface area contributed by atoms with Crippen molar-refractivity contribution in [2.45, 2.75) is 35.8 Å². The standard InChI is InChI=1S/C38H40N12O8S2/c1-23(51)21-39-33-45-35(41-27-9-5-3-6-10-27)49-37(47-33)43-29-17-15-25(31(19-29)59(53,54)55)13-14-26-16-18-30(20-32(26)60(56,57)58)44-38-48-34(40-22-24(2)52)46-36(50-38)42-28-11-7-4-8-12-28/h3-20,23-24,51-52H,21-22H2,1-2H3,(H,53,54,55)(H,56,57,58)(H3,39,41,43,45,47,49)(H3,40,42,44,46,48,50)/p-2/b14-13+. The summed E-state index contributed by atoms with van der Waals surface area (Å²) in [5.74, 6) is 0.311. The van der Waals surface area contributed by atoms with Gasteiger partial charge in [0.25, 0.3) is 0 Å². The van der Waals surface area contributed by atoms with Crippen LogP contribution in [0, 0.1) is 0 Å². The number of aromatic nitrogens is 6. The molecule has 0 radical (unpaired) electrons. The highest BCUT2D eigenvalue weighted by Gasteiger charge is 2.15. The number of hydrogen-bond donors (Lipinski definition) is 8. The van der Waals surface area contributed by atoms with E-state index in [0.717, 1.165) is 12.1 Å². The van der Waals surface area contributed by atoms with Crippen molar-refractivity contribution < 1.29 is 36.2 Å². The van der Waals surface area contributed by atoms with Crippen molar-refractivity contribution in [3.63, 3.8) is 0 Å². The summed E-state index contributed by atoms with van der Waals surface area (Å²) in [6.45, 7) is 3.36. The zero-order valence-corrected chi connectivity index (χ0v) is 33.4. The lowest BCUT2D eigenvalue weighted by Crippen LogP contribution is -2.18. The van der Waals surface area contributed by atoms with Crippen LogP contribution in [0.4, 0.5) is 58.4 Å². The molecule has 2 aromatic heterocycles. The molecule has 6 aromatic rings. The van der Waals surface area contributed by atoms with Crippen molar-refractivity contribution in [3.05, 3.63) is 108 Å². The largest absolute Gasteiger partial charge is 0.744 e. The van der Waals surface area contributed by atoms with E-state index < -0.39 is 42.2 Å². The monoisotopic (exact) mass is 854 g/mol. The van der Waals surface area contributed by atoms with E-state index in [-0.39, 0.29) is 71.3 Å². The maximum absolute atomic E-state index is 12.5. The highest BCUT2D eigenvalue weighted by Crippen LogP contribution is 2.29. The van der Waals surface area contributed by atoms with Crippen LogP contribution in [0.1, 0.15) is 25.0 Å². The minimum Gasteiger partial charge on any atom is -0.744 e. The van der Waals surface area contributed by atoms with E-state index >= 15 is 0 Å². The third-order valence-electron chi connectivity index (χ3n) is 7.96. The van der Waals surface area contributed by atoms with E-state index in [1.807, 2.05) is 12.1 Å². The van der Waals surface area contributed by atoms with Gasteiger partial charge in [0, 0.05) is 35.8 Å². The first-order valence-corrected chi connectivity index (χ1v) is 20.8. The van der Waals surface area contributed by atoms with Gasteiger partial charge in [0.15, 0.2) is 0 Å². The molecule has 0 spiro atoms. The van der Waals surface area contributed by atoms with Gasteiger partial charge < -0.3 is 51.2 Å². The van der Waals surface area contributed by atoms with Crippen LogP contribution in [-0.4, -0.2) is 91.4 Å². The molecule has 0 aliphatic heterocycles. The molecule has 0 saturated heterocycles. The molecule has 2 atom stereocenters. The Hall–Kier alpha value is -6.82. The zero-order chi connectivity index (χ0) is 42.9. The van der Waals surface area contributed by atoms with Crippen LogP contribution in [0.15, 0.2) is 107 Å². The zero-order valence-electron chi connectivity index (χ0n) is 31.8. The van der Waals surface area contributed by atoms with E-state index in [9.17, 15) is 36.2 Å². The summed E-state index contributed by atoms with van der Waals surface area (Å²) in [4.78, 5) is 24.5. The summed E-state index contributed by atoms with van der Waals surface area (Å²) in [6, 6.07) is 25.6. The number of aliphatic hydroxyl groups excluding tert-OH is 2. The Morgan fingerprint density at radius 2 is 0.817 bits per heavy atom. The van der Waals surface area contributed by atoms with Gasteiger partial charge in [-0.1, -0.05) is 60.7 Å². The second-order valence-electron chi connectivity index (χ2n) is 13.1. The number of hydrogen-bond acceptors (Lipinski definition) is 20. The SMILES string of the molecule is CC(O)CNc1nc(Nc2ccccc2)nc(Nc2ccc(/C=C/c3ccc(Nc4nc(NCC(C)O)nc(Nc5ccccc5)n4)cc3S(=O)(=O)[O-])c(S(=O)(=O)[O-])c2)n1. The van der Waals surface area contributed by atoms with Gasteiger partial charge in [-0.2, -0.15) is 29.9 Å². The van der Waals surface area contributed by atoms with Crippen molar-refractivity contribution in [1.29, 1.82) is 0 Å². The van der Waals surface area contributed by atoms with Gasteiger partial charge in [-0.05, 0) is 73.5 Å². The molecule has 2 heterocycles. The average Bonchev–Trinajstić information content (AvgIpc) is 3.19. The molecule has 0 saturated carbocycles. The molecule has 60 heavy (non-hydrogen) atoms. The summed E-state index contributed by atoms with van der Waals surface area (Å²) in [7, 11) is -10.2. The van der Waals surface area contributed by atoms with Crippen LogP contribution in [0.2, 0.25) is 0 Å². The Bertz CT molecular complexity index is 2510. The van der Waals surface area contributed by atoms with Crippen molar-refractivity contribution in [2.24, 2.45) is 0 Å². The molecule has 312 valence electrons. The third-order valence-corrected chi connectivity index (χ3v) is 9.75. The van der Waals surface area contributed by atoms with E-state index in [1.165, 1.54) is 36.4 Å². The number of aliphatic hydroxyl groups is 2. The summed E-state index contributed by atoms with van der Waals surface area (Å²) in [5.41, 5.74) is 1.29. The molecule has 0 bridgehead atoms. The lowest BCUT2D eigenvalue weighted by Gasteiger charge is -2.16. The van der Waals surface area contributed by atoms with Gasteiger partial charge in [0.05, 0.1) is 22.0 Å². The van der Waals surface area contributed by atoms with Gasteiger partial charge >= 0.3 is 0 Å². The maximum atomic E-state index is 12.5. The van der Waals surface area contributed by atoms with Crippen molar-refractivity contribution >= 4 is 90.8 Å². The molecule has 8 N–H and O–H groups in total. The van der Waals surface area contributed by atoms with Gasteiger partial charge in [0.2, 0.25) is 35.7 Å². The molecule has 0 aliphatic carbocycles. The Morgan fingerprint density at radius 3 is 1.13 bits per heavy atom. The summed E-state index contributed by atoms with van der Waals surface area (Å²) in [5, 5.41) is 37.1. The van der Waals surface area contributed by atoms with Crippen molar-refractivity contribution in [3.8, 4) is 0 Å². The van der Waals surface area contributed by atoms with Crippen LogP contribution in [-0.2, 0) is 20.2 Å². The van der Waals surface area contributed by atoms with Crippen molar-refractivity contribution in [1.82, 2.24) is 29.9 Å². The average molecular weight is 855 g/mol. The van der Waals surface area contributed by atoms with Crippen LogP contribution in [0.3, 0.4) is 0 Å². The Kier molecular flexibility index (Phi) is 13.4. The molecule has 0 amide bonds. The minimum absolute atomic E-state index is 0.0406. The maximum Gasteiger partial charge on any atom is 0.233 e. The number of anilines is 10. The van der Waals surface area contributed by atoms with Gasteiger partial charge in [-0.15, -0.1) is 0 Å². The molecule has 4 aromatic carbocycles. The summed E-state index contributed by atoms with van der Waals surface area (Å²) >= 11 is 0. The second-order valence-corrected chi connectivity index (χ2v) is 15.7. The lowest BCUT2D eigenvalue weighted by atomic mass is 10.1. The fraction of sp³-hybridized carbons (Fsp3) is 0.158. The molecule has 0 fully saturated rings. The molecular formula is C38H38N12O8S2-2. The topological polar surface area (TPSA) is 304 Å². The summed E-state index contributed by atoms with van der Waals surface area (Å²) in [6.07, 6.45) is 0.903. The number of para-hydroxylation sites is 2. The highest BCUT2D eigenvalue weighted by atomic mass is 32.2. The normalized spacial score (nSPS) is 12.7. The molecule has 0 aliphatic rings. The Morgan fingerprint density at radius 1 is 0.500 bits per heavy atom. The van der Waals surface area contributed by atoms with E-state index in [0.29, 0.717) is 11.4 Å². The van der Waals surface area contributed by atoms with E-state index in [1.54, 1.807) is 62.4 Å². The highest BCUT2D eigenvalue weighted by molar-refractivity contribution is 7.86. The lowest BCUT2D eigenvalue weighted by molar-refractivity contribution is 0.207. The molecule has 22 heteroatoms. The van der Waals surface area contributed by atoms with Crippen LogP contribution >= 0.6 is 0 Å². The number of benzene rings is 4. The minimum atomic E-state index is -5.12. The quantitative estimate of drug-likeness (QED) is 0.0433. The number of nitrogens with zero attached hydrogens (tertiary/aromatic N) is 6. The Balaban J connectivity index is 1.27. The first-order valence-electron chi connectivity index (χ1n) is 18.0. The number of nitrogens with one attached hydrogen (secondary N) is 6. The van der Waals surface area contributed by atoms with E-state index in [2.05, 4.69) is 61.8 Å². The van der Waals surface area contributed by atoms with Gasteiger partial charge in [0.1, 0.15) is 20.2 Å². The third kappa shape index (κ3) is 12.3. The molecule has 6 rings (SSSR count). The van der Waals surface area contributed by atoms with Crippen LogP contribution in [0.5, 0.6) is 0 Å². The van der Waals surface area contributed by atoms with E-state index in [4.69, 9.17) is 0 Å². The fourth-order valence-electron chi connectivity index (χ4n) is 5.28. The van der Waals surface area contributed by atoms with Crippen molar-refractivity contribution in [2.75, 3.05) is 45.0 Å². The predicted octanol–water partition coefficient (Wildman–Crippen LogP) is 4.60. The second kappa shape index (κ2) is 18.8. The predicted molar refractivity (Wildman–Crippen MR) is 224 cm³/mol. The first-order chi connectivity index (χ1) is 28.6. The molecule has 20 nitrogen and oxygen atoms in total. The van der Waals surface area contributed by atoms with Crippen LogP contribution < -0.4 is 31.9 Å². The molecular weight excluding hydrogens is 817 g/mol. The molecule has 2 unspecified atom stereocenters. The number of rotatable bonds is 18. The fourth-order valence-corrected chi connectivity index (χ4v) is 6.68. The van der Waals surface area contributed by atoms with Gasteiger partial charge in [-0.25, -0.2) is 16.8 Å². The first kappa shape index (κ1) is 42.8. The summed E-state index contributed by atoms with van der Waals surface area (Å²) < 4.78 is 75.0. The van der Waals surface area contributed by atoms with Crippen LogP contribution in [0.25, 0.3) is 12.2 Å². The van der Waals surface area contributed by atoms with Gasteiger partial charge in [-0.3, -0.25) is 0 Å².